The normalized spacial score (nSPS) is 11.9. The van der Waals surface area contributed by atoms with Crippen LogP contribution in [0.1, 0.15) is 0 Å². The lowest BCUT2D eigenvalue weighted by atomic mass is 10.3. The zero-order chi connectivity index (χ0) is 12.6. The molecule has 2 rings (SSSR count). The number of non-ortho nitro benzene ring substituents is 1. The van der Waals surface area contributed by atoms with Crippen LogP contribution in [0.5, 0.6) is 0 Å². The van der Waals surface area contributed by atoms with Crippen molar-refractivity contribution in [3.63, 3.8) is 0 Å². The zero-order valence-corrected chi connectivity index (χ0v) is 8.31. The van der Waals surface area contributed by atoms with Crippen molar-refractivity contribution in [1.82, 2.24) is 9.55 Å². The smallest absolute Gasteiger partial charge is 0.321 e. The maximum atomic E-state index is 12.2. The standard InChI is InChI=1S/C9H6F3N3O2/c10-9(11,12)4-14-5-13-7-3-6(15(16)17)1-2-8(7)14/h1-3,5H,4H2. The average Bonchev–Trinajstić information content (AvgIpc) is 2.58. The minimum Gasteiger partial charge on any atom is -0.321 e. The topological polar surface area (TPSA) is 61.0 Å². The molecule has 0 aliphatic carbocycles. The number of nitro benzene ring substituents is 1. The maximum Gasteiger partial charge on any atom is 0.406 e. The molecule has 0 fully saturated rings. The predicted octanol–water partition coefficient (Wildman–Crippen LogP) is 2.51. The molecule has 1 aromatic heterocycles. The SMILES string of the molecule is O=[N+]([O-])c1ccc2c(c1)ncn2CC(F)(F)F. The monoisotopic (exact) mass is 245 g/mol. The van der Waals surface area contributed by atoms with Gasteiger partial charge >= 0.3 is 6.18 Å². The molecule has 90 valence electrons. The van der Waals surface area contributed by atoms with Crippen molar-refractivity contribution >= 4 is 16.7 Å². The molecule has 1 aromatic carbocycles. The first-order valence-corrected chi connectivity index (χ1v) is 4.53. The van der Waals surface area contributed by atoms with Crippen LogP contribution in [0.2, 0.25) is 0 Å². The van der Waals surface area contributed by atoms with Gasteiger partial charge in [-0.05, 0) is 6.07 Å². The number of hydrogen-bond acceptors (Lipinski definition) is 3. The fourth-order valence-electron chi connectivity index (χ4n) is 1.48. The fraction of sp³-hybridized carbons (Fsp3) is 0.222. The minimum absolute atomic E-state index is 0.170. The average molecular weight is 245 g/mol. The predicted molar refractivity (Wildman–Crippen MR) is 52.4 cm³/mol. The molecule has 0 N–H and O–H groups in total. The van der Waals surface area contributed by atoms with Gasteiger partial charge in [0.25, 0.3) is 5.69 Å². The van der Waals surface area contributed by atoms with Crippen LogP contribution in [-0.4, -0.2) is 20.7 Å². The van der Waals surface area contributed by atoms with Crippen molar-refractivity contribution in [1.29, 1.82) is 0 Å². The number of fused-ring (bicyclic) bond motifs is 1. The molecule has 0 unspecified atom stereocenters. The molecule has 0 radical (unpaired) electrons. The Morgan fingerprint density at radius 2 is 2.12 bits per heavy atom. The van der Waals surface area contributed by atoms with E-state index >= 15 is 0 Å². The van der Waals surface area contributed by atoms with Gasteiger partial charge in [-0.25, -0.2) is 4.98 Å². The summed E-state index contributed by atoms with van der Waals surface area (Å²) in [7, 11) is 0. The highest BCUT2D eigenvalue weighted by Crippen LogP contribution is 2.23. The number of aromatic nitrogens is 2. The van der Waals surface area contributed by atoms with E-state index in [1.807, 2.05) is 0 Å². The van der Waals surface area contributed by atoms with Crippen LogP contribution in [-0.2, 0) is 6.54 Å². The van der Waals surface area contributed by atoms with Crippen molar-refractivity contribution < 1.29 is 18.1 Å². The third-order valence-electron chi connectivity index (χ3n) is 2.17. The highest BCUT2D eigenvalue weighted by Gasteiger charge is 2.28. The molecule has 0 aliphatic heterocycles. The van der Waals surface area contributed by atoms with E-state index in [1.54, 1.807) is 0 Å². The highest BCUT2D eigenvalue weighted by atomic mass is 19.4. The van der Waals surface area contributed by atoms with Crippen LogP contribution in [0.15, 0.2) is 24.5 Å². The maximum absolute atomic E-state index is 12.2. The Kier molecular flexibility index (Phi) is 2.49. The van der Waals surface area contributed by atoms with Gasteiger partial charge in [-0.2, -0.15) is 13.2 Å². The summed E-state index contributed by atoms with van der Waals surface area (Å²) in [5.41, 5.74) is 0.186. The molecule has 0 bridgehead atoms. The molecule has 0 atom stereocenters. The Balaban J connectivity index is 2.45. The summed E-state index contributed by atoms with van der Waals surface area (Å²) in [5.74, 6) is 0. The first-order chi connectivity index (χ1) is 7.87. The number of halogens is 3. The Labute approximate surface area is 92.6 Å². The molecule has 0 spiro atoms. The number of nitrogens with zero attached hydrogens (tertiary/aromatic N) is 3. The van der Waals surface area contributed by atoms with Gasteiger partial charge < -0.3 is 4.57 Å². The number of hydrogen-bond donors (Lipinski definition) is 0. The van der Waals surface area contributed by atoms with Gasteiger partial charge in [0.05, 0.1) is 22.3 Å². The first kappa shape index (κ1) is 11.4. The molecule has 5 nitrogen and oxygen atoms in total. The molecule has 0 saturated heterocycles. The van der Waals surface area contributed by atoms with E-state index in [2.05, 4.69) is 4.98 Å². The molecule has 0 aliphatic rings. The van der Waals surface area contributed by atoms with Crippen LogP contribution >= 0.6 is 0 Å². The third kappa shape index (κ3) is 2.35. The second kappa shape index (κ2) is 3.72. The van der Waals surface area contributed by atoms with E-state index in [0.717, 1.165) is 23.0 Å². The van der Waals surface area contributed by atoms with E-state index in [-0.39, 0.29) is 16.7 Å². The highest BCUT2D eigenvalue weighted by molar-refractivity contribution is 5.77. The van der Waals surface area contributed by atoms with Crippen LogP contribution in [0.25, 0.3) is 11.0 Å². The lowest BCUT2D eigenvalue weighted by Gasteiger charge is -2.07. The summed E-state index contributed by atoms with van der Waals surface area (Å²) in [4.78, 5) is 13.6. The number of nitro groups is 1. The van der Waals surface area contributed by atoms with Crippen LogP contribution < -0.4 is 0 Å². The summed E-state index contributed by atoms with van der Waals surface area (Å²) in [6, 6.07) is 3.55. The van der Waals surface area contributed by atoms with Crippen molar-refractivity contribution in [3.05, 3.63) is 34.6 Å². The molecule has 0 saturated carbocycles. The summed E-state index contributed by atoms with van der Waals surface area (Å²) in [6.07, 6.45) is -3.34. The summed E-state index contributed by atoms with van der Waals surface area (Å²) >= 11 is 0. The molecule has 1 heterocycles. The van der Waals surface area contributed by atoms with Gasteiger partial charge in [0.15, 0.2) is 0 Å². The van der Waals surface area contributed by atoms with Crippen LogP contribution in [0.3, 0.4) is 0 Å². The van der Waals surface area contributed by atoms with Gasteiger partial charge in [0.1, 0.15) is 6.54 Å². The summed E-state index contributed by atoms with van der Waals surface area (Å²) < 4.78 is 37.5. The Hall–Kier alpha value is -2.12. The molecule has 8 heteroatoms. The van der Waals surface area contributed by atoms with E-state index < -0.39 is 17.6 Å². The van der Waals surface area contributed by atoms with E-state index in [1.165, 1.54) is 6.07 Å². The van der Waals surface area contributed by atoms with Crippen molar-refractivity contribution in [2.75, 3.05) is 0 Å². The molecular formula is C9H6F3N3O2. The van der Waals surface area contributed by atoms with Gasteiger partial charge in [-0.15, -0.1) is 0 Å². The van der Waals surface area contributed by atoms with Crippen LogP contribution in [0, 0.1) is 10.1 Å². The lowest BCUT2D eigenvalue weighted by molar-refractivity contribution is -0.384. The second-order valence-electron chi connectivity index (χ2n) is 3.42. The van der Waals surface area contributed by atoms with E-state index in [9.17, 15) is 23.3 Å². The second-order valence-corrected chi connectivity index (χ2v) is 3.42. The van der Waals surface area contributed by atoms with Gasteiger partial charge in [-0.3, -0.25) is 10.1 Å². The van der Waals surface area contributed by atoms with E-state index in [4.69, 9.17) is 0 Å². The third-order valence-corrected chi connectivity index (χ3v) is 2.17. The fourth-order valence-corrected chi connectivity index (χ4v) is 1.48. The number of alkyl halides is 3. The first-order valence-electron chi connectivity index (χ1n) is 4.53. The number of imidazole rings is 1. The Bertz CT molecular complexity index is 576. The summed E-state index contributed by atoms with van der Waals surface area (Å²) in [6.45, 7) is -1.17. The quantitative estimate of drug-likeness (QED) is 0.603. The molecule has 17 heavy (non-hydrogen) atoms. The van der Waals surface area contributed by atoms with Crippen molar-refractivity contribution in [2.45, 2.75) is 12.7 Å². The number of rotatable bonds is 2. The lowest BCUT2D eigenvalue weighted by Crippen LogP contribution is -2.16. The van der Waals surface area contributed by atoms with Gasteiger partial charge in [0.2, 0.25) is 0 Å². The molecular weight excluding hydrogens is 239 g/mol. The summed E-state index contributed by atoms with van der Waals surface area (Å²) in [5, 5.41) is 10.5. The molecule has 0 amide bonds. The Morgan fingerprint density at radius 1 is 1.41 bits per heavy atom. The zero-order valence-electron chi connectivity index (χ0n) is 8.31. The van der Waals surface area contributed by atoms with Gasteiger partial charge in [0, 0.05) is 12.1 Å². The van der Waals surface area contributed by atoms with Crippen LogP contribution in [0.4, 0.5) is 18.9 Å². The van der Waals surface area contributed by atoms with Gasteiger partial charge in [-0.1, -0.05) is 0 Å². The minimum atomic E-state index is -4.35. The largest absolute Gasteiger partial charge is 0.406 e. The van der Waals surface area contributed by atoms with Crippen molar-refractivity contribution in [2.24, 2.45) is 0 Å². The van der Waals surface area contributed by atoms with Crippen molar-refractivity contribution in [3.8, 4) is 0 Å². The van der Waals surface area contributed by atoms with E-state index in [0.29, 0.717) is 0 Å². The Morgan fingerprint density at radius 3 is 2.71 bits per heavy atom. The molecule has 2 aromatic rings. The number of benzene rings is 1.